The molecule has 0 aromatic rings. The SMILES string of the molecule is CNCCC1CCCCN1C1C=CCCC1. The third-order valence-electron chi connectivity index (χ3n) is 4.06. The molecule has 0 spiro atoms. The zero-order chi connectivity index (χ0) is 11.2. The Bertz CT molecular complexity index is 225. The van der Waals surface area contributed by atoms with E-state index in [4.69, 9.17) is 0 Å². The molecule has 2 nitrogen and oxygen atoms in total. The van der Waals surface area contributed by atoms with Crippen molar-refractivity contribution < 1.29 is 0 Å². The van der Waals surface area contributed by atoms with Crippen LogP contribution in [-0.2, 0) is 0 Å². The number of rotatable bonds is 4. The van der Waals surface area contributed by atoms with Gasteiger partial charge in [0.1, 0.15) is 0 Å². The molecule has 1 fully saturated rings. The first-order valence-corrected chi connectivity index (χ1v) is 6.99. The van der Waals surface area contributed by atoms with Crippen molar-refractivity contribution in [1.29, 1.82) is 0 Å². The Hall–Kier alpha value is -0.340. The van der Waals surface area contributed by atoms with Crippen molar-refractivity contribution in [3.63, 3.8) is 0 Å². The van der Waals surface area contributed by atoms with Gasteiger partial charge in [-0.15, -0.1) is 0 Å². The van der Waals surface area contributed by atoms with Crippen LogP contribution in [0.4, 0.5) is 0 Å². The van der Waals surface area contributed by atoms with Crippen LogP contribution in [0.25, 0.3) is 0 Å². The molecule has 16 heavy (non-hydrogen) atoms. The van der Waals surface area contributed by atoms with Gasteiger partial charge in [0.25, 0.3) is 0 Å². The second kappa shape index (κ2) is 6.41. The van der Waals surface area contributed by atoms with E-state index in [9.17, 15) is 0 Å². The molecular weight excluding hydrogens is 196 g/mol. The lowest BCUT2D eigenvalue weighted by Gasteiger charge is -2.41. The Morgan fingerprint density at radius 1 is 1.25 bits per heavy atom. The molecule has 1 N–H and O–H groups in total. The highest BCUT2D eigenvalue weighted by Crippen LogP contribution is 2.26. The fourth-order valence-corrected chi connectivity index (χ4v) is 3.15. The van der Waals surface area contributed by atoms with Gasteiger partial charge >= 0.3 is 0 Å². The van der Waals surface area contributed by atoms with E-state index in [-0.39, 0.29) is 0 Å². The van der Waals surface area contributed by atoms with E-state index in [0.29, 0.717) is 0 Å². The first-order chi connectivity index (χ1) is 7.92. The monoisotopic (exact) mass is 222 g/mol. The molecule has 92 valence electrons. The van der Waals surface area contributed by atoms with Crippen LogP contribution in [-0.4, -0.2) is 37.1 Å². The standard InChI is InChI=1S/C14H26N2/c1-15-11-10-14-9-5-6-12-16(14)13-7-3-2-4-8-13/h3,7,13-15H,2,4-6,8-12H2,1H3. The fraction of sp³-hybridized carbons (Fsp3) is 0.857. The summed E-state index contributed by atoms with van der Waals surface area (Å²) in [5.41, 5.74) is 0. The highest BCUT2D eigenvalue weighted by atomic mass is 15.2. The minimum atomic E-state index is 0.746. The van der Waals surface area contributed by atoms with Crippen LogP contribution in [0, 0.1) is 0 Å². The highest BCUT2D eigenvalue weighted by Gasteiger charge is 2.27. The minimum Gasteiger partial charge on any atom is -0.320 e. The molecular formula is C14H26N2. The molecule has 1 aliphatic carbocycles. The van der Waals surface area contributed by atoms with Crippen LogP contribution in [0.15, 0.2) is 12.2 Å². The first-order valence-electron chi connectivity index (χ1n) is 6.99. The normalized spacial score (nSPS) is 31.8. The molecule has 0 radical (unpaired) electrons. The summed E-state index contributed by atoms with van der Waals surface area (Å²) in [6, 6.07) is 1.57. The van der Waals surface area contributed by atoms with Crippen molar-refractivity contribution in [2.45, 2.75) is 57.0 Å². The number of allylic oxidation sites excluding steroid dienone is 1. The van der Waals surface area contributed by atoms with Gasteiger partial charge in [-0.25, -0.2) is 0 Å². The quantitative estimate of drug-likeness (QED) is 0.735. The molecule has 1 saturated heterocycles. The summed E-state index contributed by atoms with van der Waals surface area (Å²) in [5.74, 6) is 0. The lowest BCUT2D eigenvalue weighted by molar-refractivity contribution is 0.103. The maximum Gasteiger partial charge on any atom is 0.0281 e. The number of likely N-dealkylation sites (tertiary alicyclic amines) is 1. The molecule has 2 aliphatic rings. The summed E-state index contributed by atoms with van der Waals surface area (Å²) in [6.07, 6.45) is 14.5. The molecule has 0 amide bonds. The van der Waals surface area contributed by atoms with Crippen LogP contribution in [0.2, 0.25) is 0 Å². The smallest absolute Gasteiger partial charge is 0.0281 e. The second-order valence-electron chi connectivity index (χ2n) is 5.21. The number of nitrogens with one attached hydrogen (secondary N) is 1. The van der Waals surface area contributed by atoms with Crippen molar-refractivity contribution in [3.8, 4) is 0 Å². The van der Waals surface area contributed by atoms with Crippen LogP contribution in [0.1, 0.15) is 44.9 Å². The topological polar surface area (TPSA) is 15.3 Å². The average Bonchev–Trinajstić information content (AvgIpc) is 2.38. The van der Waals surface area contributed by atoms with E-state index in [0.717, 1.165) is 18.6 Å². The fourth-order valence-electron chi connectivity index (χ4n) is 3.15. The zero-order valence-electron chi connectivity index (χ0n) is 10.6. The Balaban J connectivity index is 1.92. The Morgan fingerprint density at radius 2 is 2.19 bits per heavy atom. The van der Waals surface area contributed by atoms with E-state index in [2.05, 4.69) is 29.4 Å². The van der Waals surface area contributed by atoms with Crippen molar-refractivity contribution in [2.75, 3.05) is 20.1 Å². The van der Waals surface area contributed by atoms with Gasteiger partial charge in [0.2, 0.25) is 0 Å². The number of nitrogens with zero attached hydrogens (tertiary/aromatic N) is 1. The van der Waals surface area contributed by atoms with Crippen LogP contribution in [0.3, 0.4) is 0 Å². The van der Waals surface area contributed by atoms with Gasteiger partial charge in [0, 0.05) is 12.1 Å². The second-order valence-corrected chi connectivity index (χ2v) is 5.21. The van der Waals surface area contributed by atoms with E-state index in [1.54, 1.807) is 0 Å². The van der Waals surface area contributed by atoms with Crippen molar-refractivity contribution in [3.05, 3.63) is 12.2 Å². The van der Waals surface area contributed by atoms with Gasteiger partial charge < -0.3 is 5.32 Å². The molecule has 1 aliphatic heterocycles. The largest absolute Gasteiger partial charge is 0.320 e. The van der Waals surface area contributed by atoms with E-state index < -0.39 is 0 Å². The molecule has 0 aromatic carbocycles. The van der Waals surface area contributed by atoms with Gasteiger partial charge in [-0.1, -0.05) is 18.6 Å². The summed E-state index contributed by atoms with van der Waals surface area (Å²) < 4.78 is 0. The molecule has 2 unspecified atom stereocenters. The Morgan fingerprint density at radius 3 is 2.94 bits per heavy atom. The van der Waals surface area contributed by atoms with Crippen LogP contribution >= 0.6 is 0 Å². The summed E-state index contributed by atoms with van der Waals surface area (Å²) in [5, 5.41) is 3.29. The molecule has 2 heteroatoms. The van der Waals surface area contributed by atoms with Crippen LogP contribution in [0.5, 0.6) is 0 Å². The lowest BCUT2D eigenvalue weighted by atomic mass is 9.93. The van der Waals surface area contributed by atoms with E-state index >= 15 is 0 Å². The highest BCUT2D eigenvalue weighted by molar-refractivity contribution is 5.00. The summed E-state index contributed by atoms with van der Waals surface area (Å²) in [4.78, 5) is 2.77. The van der Waals surface area contributed by atoms with Gasteiger partial charge in [0.05, 0.1) is 0 Å². The van der Waals surface area contributed by atoms with Crippen molar-refractivity contribution in [2.24, 2.45) is 0 Å². The maximum absolute atomic E-state index is 3.29. The van der Waals surface area contributed by atoms with E-state index in [1.165, 1.54) is 51.5 Å². The van der Waals surface area contributed by atoms with Gasteiger partial charge in [0.15, 0.2) is 0 Å². The van der Waals surface area contributed by atoms with Gasteiger partial charge in [-0.3, -0.25) is 4.90 Å². The summed E-state index contributed by atoms with van der Waals surface area (Å²) in [6.45, 7) is 2.49. The third-order valence-corrected chi connectivity index (χ3v) is 4.06. The summed E-state index contributed by atoms with van der Waals surface area (Å²) >= 11 is 0. The maximum atomic E-state index is 3.29. The number of hydrogen-bond donors (Lipinski definition) is 1. The van der Waals surface area contributed by atoms with Gasteiger partial charge in [-0.2, -0.15) is 0 Å². The lowest BCUT2D eigenvalue weighted by Crippen LogP contribution is -2.46. The first kappa shape index (κ1) is 12.1. The number of piperidine rings is 1. The molecule has 0 aromatic heterocycles. The molecule has 2 atom stereocenters. The Labute approximate surface area is 100 Å². The third kappa shape index (κ3) is 3.08. The predicted molar refractivity (Wildman–Crippen MR) is 69.7 cm³/mol. The molecule has 1 heterocycles. The van der Waals surface area contributed by atoms with Crippen molar-refractivity contribution >= 4 is 0 Å². The zero-order valence-corrected chi connectivity index (χ0v) is 10.6. The average molecular weight is 222 g/mol. The molecule has 2 rings (SSSR count). The summed E-state index contributed by atoms with van der Waals surface area (Å²) in [7, 11) is 2.06. The predicted octanol–water partition coefficient (Wildman–Crippen LogP) is 2.56. The number of hydrogen-bond acceptors (Lipinski definition) is 2. The Kier molecular flexibility index (Phi) is 4.86. The van der Waals surface area contributed by atoms with Crippen molar-refractivity contribution in [1.82, 2.24) is 10.2 Å². The molecule has 0 saturated carbocycles. The van der Waals surface area contributed by atoms with Gasteiger partial charge in [-0.05, 0) is 58.7 Å². The van der Waals surface area contributed by atoms with Crippen LogP contribution < -0.4 is 5.32 Å². The minimum absolute atomic E-state index is 0.746. The van der Waals surface area contributed by atoms with E-state index in [1.807, 2.05) is 0 Å². The molecule has 0 bridgehead atoms.